The van der Waals surface area contributed by atoms with Crippen molar-refractivity contribution in [1.82, 2.24) is 5.32 Å². The Bertz CT molecular complexity index is 280. The predicted molar refractivity (Wildman–Crippen MR) is 70.9 cm³/mol. The zero-order valence-corrected chi connectivity index (χ0v) is 11.2. The summed E-state index contributed by atoms with van der Waals surface area (Å²) in [5, 5.41) is 2.85. The van der Waals surface area contributed by atoms with Crippen LogP contribution in [0.4, 0.5) is 0 Å². The van der Waals surface area contributed by atoms with Gasteiger partial charge < -0.3 is 11.1 Å². The first kappa shape index (κ1) is 14.0. The highest BCUT2D eigenvalue weighted by molar-refractivity contribution is 5.88. The fraction of sp³-hybridized carbons (Fsp3) is 0.846. The molecule has 4 nitrogen and oxygen atoms in total. The van der Waals surface area contributed by atoms with Crippen LogP contribution in [0.3, 0.4) is 0 Å². The summed E-state index contributed by atoms with van der Waals surface area (Å²) in [6, 6.07) is -0.226. The molecule has 0 aromatic carbocycles. The fourth-order valence-corrected chi connectivity index (χ4v) is 2.19. The summed E-state index contributed by atoms with van der Waals surface area (Å²) in [5.74, 6) is 1.01. The van der Waals surface area contributed by atoms with Crippen LogP contribution in [0.2, 0.25) is 0 Å². The van der Waals surface area contributed by atoms with Crippen LogP contribution in [0.5, 0.6) is 0 Å². The van der Waals surface area contributed by atoms with Crippen LogP contribution in [-0.4, -0.2) is 23.8 Å². The van der Waals surface area contributed by atoms with Crippen LogP contribution < -0.4 is 11.1 Å². The molecule has 98 valence electrons. The molecule has 0 spiro atoms. The van der Waals surface area contributed by atoms with Gasteiger partial charge in [0.25, 0.3) is 0 Å². The zero-order chi connectivity index (χ0) is 12.8. The SMILES string of the molecule is CC(C)NC(=O)C(C)N=C(N)C1CCCCC1. The van der Waals surface area contributed by atoms with E-state index < -0.39 is 0 Å². The lowest BCUT2D eigenvalue weighted by molar-refractivity contribution is -0.122. The highest BCUT2D eigenvalue weighted by Crippen LogP contribution is 2.23. The molecule has 1 fully saturated rings. The maximum absolute atomic E-state index is 11.7. The van der Waals surface area contributed by atoms with Gasteiger partial charge in [-0.15, -0.1) is 0 Å². The number of amidine groups is 1. The molecule has 4 heteroatoms. The molecule has 0 saturated heterocycles. The Morgan fingerprint density at radius 2 is 1.82 bits per heavy atom. The number of hydrogen-bond acceptors (Lipinski definition) is 2. The van der Waals surface area contributed by atoms with Gasteiger partial charge in [0, 0.05) is 12.0 Å². The number of aliphatic imine (C=N–C) groups is 1. The molecule has 1 aliphatic carbocycles. The number of hydrogen-bond donors (Lipinski definition) is 2. The van der Waals surface area contributed by atoms with E-state index in [0.29, 0.717) is 11.8 Å². The van der Waals surface area contributed by atoms with Gasteiger partial charge in [-0.25, -0.2) is 0 Å². The van der Waals surface area contributed by atoms with E-state index in [1.807, 2.05) is 13.8 Å². The first-order valence-corrected chi connectivity index (χ1v) is 6.64. The second kappa shape index (κ2) is 6.62. The van der Waals surface area contributed by atoms with Crippen LogP contribution >= 0.6 is 0 Å². The number of nitrogens with two attached hydrogens (primary N) is 1. The van der Waals surface area contributed by atoms with Gasteiger partial charge in [-0.05, 0) is 33.6 Å². The van der Waals surface area contributed by atoms with Crippen molar-refractivity contribution in [1.29, 1.82) is 0 Å². The van der Waals surface area contributed by atoms with Gasteiger partial charge in [0.1, 0.15) is 6.04 Å². The van der Waals surface area contributed by atoms with E-state index in [1.54, 1.807) is 6.92 Å². The Morgan fingerprint density at radius 3 is 2.35 bits per heavy atom. The van der Waals surface area contributed by atoms with Crippen LogP contribution in [-0.2, 0) is 4.79 Å². The predicted octanol–water partition coefficient (Wildman–Crippen LogP) is 1.84. The summed E-state index contributed by atoms with van der Waals surface area (Å²) < 4.78 is 0. The molecule has 1 atom stereocenters. The molecule has 1 amide bonds. The van der Waals surface area contributed by atoms with Crippen molar-refractivity contribution >= 4 is 11.7 Å². The Balaban J connectivity index is 2.51. The van der Waals surface area contributed by atoms with Crippen molar-refractivity contribution in [2.45, 2.75) is 65.0 Å². The highest BCUT2D eigenvalue weighted by atomic mass is 16.2. The third-order valence-electron chi connectivity index (χ3n) is 3.18. The van der Waals surface area contributed by atoms with Crippen LogP contribution in [0.25, 0.3) is 0 Å². The van der Waals surface area contributed by atoms with E-state index in [0.717, 1.165) is 12.8 Å². The summed E-state index contributed by atoms with van der Waals surface area (Å²) >= 11 is 0. The summed E-state index contributed by atoms with van der Waals surface area (Å²) in [5.41, 5.74) is 5.99. The third-order valence-corrected chi connectivity index (χ3v) is 3.18. The normalized spacial score (nSPS) is 20.4. The molecular weight excluding hydrogens is 214 g/mol. The number of nitrogens with one attached hydrogen (secondary N) is 1. The molecule has 1 rings (SSSR count). The Kier molecular flexibility index (Phi) is 5.45. The van der Waals surface area contributed by atoms with Crippen molar-refractivity contribution in [2.75, 3.05) is 0 Å². The monoisotopic (exact) mass is 239 g/mol. The molecule has 0 bridgehead atoms. The van der Waals surface area contributed by atoms with E-state index in [9.17, 15) is 4.79 Å². The minimum Gasteiger partial charge on any atom is -0.387 e. The third kappa shape index (κ3) is 4.75. The second-order valence-electron chi connectivity index (χ2n) is 5.23. The number of amides is 1. The summed E-state index contributed by atoms with van der Waals surface area (Å²) in [6.07, 6.45) is 6.00. The lowest BCUT2D eigenvalue weighted by Crippen LogP contribution is -2.38. The molecule has 0 aliphatic heterocycles. The standard InChI is InChI=1S/C13H25N3O/c1-9(2)15-13(17)10(3)16-12(14)11-7-5-4-6-8-11/h9-11H,4-8H2,1-3H3,(H2,14,16)(H,15,17). The van der Waals surface area contributed by atoms with E-state index in [1.165, 1.54) is 19.3 Å². The minimum atomic E-state index is -0.376. The number of carbonyl (C=O) groups is 1. The summed E-state index contributed by atoms with van der Waals surface area (Å²) in [6.45, 7) is 5.69. The fourth-order valence-electron chi connectivity index (χ4n) is 2.19. The Labute approximate surface area is 104 Å². The van der Waals surface area contributed by atoms with Crippen molar-refractivity contribution in [3.05, 3.63) is 0 Å². The molecule has 0 aromatic heterocycles. The van der Waals surface area contributed by atoms with Crippen LogP contribution in [0.1, 0.15) is 52.9 Å². The van der Waals surface area contributed by atoms with Crippen molar-refractivity contribution in [2.24, 2.45) is 16.6 Å². The van der Waals surface area contributed by atoms with Crippen LogP contribution in [0.15, 0.2) is 4.99 Å². The molecule has 3 N–H and O–H groups in total. The van der Waals surface area contributed by atoms with Gasteiger partial charge in [-0.2, -0.15) is 0 Å². The van der Waals surface area contributed by atoms with Crippen molar-refractivity contribution in [3.8, 4) is 0 Å². The van der Waals surface area contributed by atoms with Gasteiger partial charge in [0.2, 0.25) is 5.91 Å². The van der Waals surface area contributed by atoms with Gasteiger partial charge in [0.15, 0.2) is 0 Å². The number of rotatable bonds is 4. The highest BCUT2D eigenvalue weighted by Gasteiger charge is 2.19. The number of nitrogens with zero attached hydrogens (tertiary/aromatic N) is 1. The summed E-state index contributed by atoms with van der Waals surface area (Å²) in [4.78, 5) is 16.0. The molecule has 17 heavy (non-hydrogen) atoms. The van der Waals surface area contributed by atoms with E-state index in [-0.39, 0.29) is 18.0 Å². The molecule has 0 radical (unpaired) electrons. The maximum Gasteiger partial charge on any atom is 0.244 e. The van der Waals surface area contributed by atoms with E-state index in [2.05, 4.69) is 10.3 Å². The lowest BCUT2D eigenvalue weighted by Gasteiger charge is -2.22. The maximum atomic E-state index is 11.7. The van der Waals surface area contributed by atoms with Crippen LogP contribution in [0, 0.1) is 5.92 Å². The van der Waals surface area contributed by atoms with E-state index >= 15 is 0 Å². The molecule has 0 heterocycles. The lowest BCUT2D eigenvalue weighted by atomic mass is 9.88. The molecular formula is C13H25N3O. The first-order chi connectivity index (χ1) is 8.00. The molecule has 1 saturated carbocycles. The Morgan fingerprint density at radius 1 is 1.24 bits per heavy atom. The molecule has 0 aromatic rings. The average Bonchev–Trinajstić information content (AvgIpc) is 2.29. The van der Waals surface area contributed by atoms with Crippen molar-refractivity contribution < 1.29 is 4.79 Å². The van der Waals surface area contributed by atoms with E-state index in [4.69, 9.17) is 5.73 Å². The molecule has 1 aliphatic rings. The Hall–Kier alpha value is -1.06. The smallest absolute Gasteiger partial charge is 0.244 e. The largest absolute Gasteiger partial charge is 0.387 e. The number of carbonyl (C=O) groups excluding carboxylic acids is 1. The summed E-state index contributed by atoms with van der Waals surface area (Å²) in [7, 11) is 0. The zero-order valence-electron chi connectivity index (χ0n) is 11.2. The quantitative estimate of drug-likeness (QED) is 0.580. The van der Waals surface area contributed by atoms with Gasteiger partial charge in [-0.1, -0.05) is 19.3 Å². The topological polar surface area (TPSA) is 67.5 Å². The average molecular weight is 239 g/mol. The second-order valence-corrected chi connectivity index (χ2v) is 5.23. The van der Waals surface area contributed by atoms with Gasteiger partial charge >= 0.3 is 0 Å². The van der Waals surface area contributed by atoms with Gasteiger partial charge in [0.05, 0.1) is 5.84 Å². The van der Waals surface area contributed by atoms with Crippen molar-refractivity contribution in [3.63, 3.8) is 0 Å². The minimum absolute atomic E-state index is 0.0428. The first-order valence-electron chi connectivity index (χ1n) is 6.64. The van der Waals surface area contributed by atoms with Gasteiger partial charge in [-0.3, -0.25) is 9.79 Å². The molecule has 1 unspecified atom stereocenters.